The van der Waals surface area contributed by atoms with E-state index in [2.05, 4.69) is 47.2 Å². The monoisotopic (exact) mass is 279 g/mol. The fraction of sp³-hybridized carbons (Fsp3) is 0.125. The van der Waals surface area contributed by atoms with Gasteiger partial charge in [-0.15, -0.1) is 5.10 Å². The van der Waals surface area contributed by atoms with Gasteiger partial charge in [0.15, 0.2) is 0 Å². The van der Waals surface area contributed by atoms with Crippen LogP contribution in [0.3, 0.4) is 0 Å². The summed E-state index contributed by atoms with van der Waals surface area (Å²) in [5.74, 6) is -0.0474. The molecule has 2 aromatic carbocycles. The van der Waals surface area contributed by atoms with Crippen LogP contribution in [0.2, 0.25) is 0 Å². The van der Waals surface area contributed by atoms with E-state index >= 15 is 0 Å². The van der Waals surface area contributed by atoms with Crippen molar-refractivity contribution in [3.8, 4) is 0 Å². The molecule has 0 aliphatic heterocycles. The highest BCUT2D eigenvalue weighted by atomic mass is 15.3. The van der Waals surface area contributed by atoms with Gasteiger partial charge in [-0.1, -0.05) is 18.2 Å². The number of aryl methyl sites for hydroxylation is 2. The molecule has 0 aliphatic rings. The topological polar surface area (TPSA) is 92.5 Å². The molecule has 21 heavy (non-hydrogen) atoms. The summed E-state index contributed by atoms with van der Waals surface area (Å²) in [6, 6.07) is 10.4. The van der Waals surface area contributed by atoms with Crippen molar-refractivity contribution in [1.29, 1.82) is 0 Å². The Morgan fingerprint density at radius 2 is 1.95 bits per heavy atom. The van der Waals surface area contributed by atoms with Crippen LogP contribution >= 0.6 is 0 Å². The summed E-state index contributed by atoms with van der Waals surface area (Å²) in [5, 5.41) is 10.0. The molecule has 0 spiro atoms. The van der Waals surface area contributed by atoms with Gasteiger partial charge in [0, 0.05) is 21.8 Å². The van der Waals surface area contributed by atoms with Gasteiger partial charge in [0.25, 0.3) is 0 Å². The van der Waals surface area contributed by atoms with Crippen LogP contribution in [0.15, 0.2) is 40.5 Å². The smallest absolute Gasteiger partial charge is 0.211 e. The zero-order chi connectivity index (χ0) is 15.0. The summed E-state index contributed by atoms with van der Waals surface area (Å²) in [5.41, 5.74) is 16.2. The van der Waals surface area contributed by atoms with E-state index < -0.39 is 0 Å². The Balaban J connectivity index is 2.29. The fourth-order valence-corrected chi connectivity index (χ4v) is 2.68. The van der Waals surface area contributed by atoms with Crippen molar-refractivity contribution in [2.24, 2.45) is 21.7 Å². The molecule has 5 heteroatoms. The number of H-pyrrole nitrogens is 1. The maximum atomic E-state index is 5.28. The normalized spacial score (nSPS) is 11.5. The van der Waals surface area contributed by atoms with Gasteiger partial charge in [-0.05, 0) is 42.7 Å². The first-order valence-electron chi connectivity index (χ1n) is 6.70. The standard InChI is InChI=1S/C16H17N5/c1-9-7-11(8-19-21-16(17)18)10(2)14-12-5-3-4-6-13(12)20-15(9)14/h3-8,20H,1-2H3,(H4,17,18,21). The minimum Gasteiger partial charge on any atom is -0.369 e. The lowest BCUT2D eigenvalue weighted by atomic mass is 9.99. The molecule has 0 radical (unpaired) electrons. The van der Waals surface area contributed by atoms with Gasteiger partial charge in [-0.25, -0.2) is 0 Å². The number of hydrogen-bond donors (Lipinski definition) is 3. The van der Waals surface area contributed by atoms with E-state index in [0.717, 1.165) is 27.7 Å². The molecule has 3 aromatic rings. The van der Waals surface area contributed by atoms with Crippen molar-refractivity contribution in [1.82, 2.24) is 4.98 Å². The number of aromatic amines is 1. The van der Waals surface area contributed by atoms with Crippen molar-refractivity contribution in [2.75, 3.05) is 0 Å². The number of nitrogens with one attached hydrogen (secondary N) is 1. The molecule has 0 unspecified atom stereocenters. The fourth-order valence-electron chi connectivity index (χ4n) is 2.68. The third kappa shape index (κ3) is 2.23. The van der Waals surface area contributed by atoms with Crippen LogP contribution < -0.4 is 11.5 Å². The Morgan fingerprint density at radius 3 is 2.71 bits per heavy atom. The molecule has 5 N–H and O–H groups in total. The second-order valence-electron chi connectivity index (χ2n) is 5.10. The molecule has 5 nitrogen and oxygen atoms in total. The van der Waals surface area contributed by atoms with Crippen LogP contribution in [0.25, 0.3) is 21.8 Å². The van der Waals surface area contributed by atoms with E-state index in [1.54, 1.807) is 6.21 Å². The predicted molar refractivity (Wildman–Crippen MR) is 88.7 cm³/mol. The Bertz CT molecular complexity index is 882. The number of benzene rings is 2. The van der Waals surface area contributed by atoms with Gasteiger partial charge in [-0.2, -0.15) is 5.10 Å². The highest BCUT2D eigenvalue weighted by Crippen LogP contribution is 2.31. The minimum absolute atomic E-state index is 0.0474. The summed E-state index contributed by atoms with van der Waals surface area (Å²) in [6.07, 6.45) is 1.68. The van der Waals surface area contributed by atoms with E-state index in [1.807, 2.05) is 12.1 Å². The summed E-state index contributed by atoms with van der Waals surface area (Å²) < 4.78 is 0. The first kappa shape index (κ1) is 13.2. The number of hydrogen-bond acceptors (Lipinski definition) is 2. The lowest BCUT2D eigenvalue weighted by molar-refractivity contribution is 1.21. The highest BCUT2D eigenvalue weighted by Gasteiger charge is 2.11. The molecule has 1 heterocycles. The Kier molecular flexibility index (Phi) is 3.10. The van der Waals surface area contributed by atoms with E-state index in [1.165, 1.54) is 10.8 Å². The van der Waals surface area contributed by atoms with Crippen LogP contribution in [0.1, 0.15) is 16.7 Å². The molecule has 0 amide bonds. The van der Waals surface area contributed by atoms with Crippen molar-refractivity contribution in [3.63, 3.8) is 0 Å². The average Bonchev–Trinajstić information content (AvgIpc) is 2.84. The first-order valence-corrected chi connectivity index (χ1v) is 6.70. The number of nitrogens with two attached hydrogens (primary N) is 2. The lowest BCUT2D eigenvalue weighted by Crippen LogP contribution is -2.21. The molecule has 0 fully saturated rings. The quantitative estimate of drug-likeness (QED) is 0.382. The molecular weight excluding hydrogens is 262 g/mol. The molecule has 0 aliphatic carbocycles. The van der Waals surface area contributed by atoms with Crippen LogP contribution in [-0.4, -0.2) is 17.2 Å². The van der Waals surface area contributed by atoms with Gasteiger partial charge >= 0.3 is 0 Å². The van der Waals surface area contributed by atoms with E-state index in [-0.39, 0.29) is 5.96 Å². The SMILES string of the molecule is Cc1cc(C=NN=C(N)N)c(C)c2c1[nH]c1ccccc12. The summed E-state index contributed by atoms with van der Waals surface area (Å²) in [6.45, 7) is 4.16. The number of aromatic nitrogens is 1. The maximum Gasteiger partial charge on any atom is 0.211 e. The zero-order valence-electron chi connectivity index (χ0n) is 12.0. The van der Waals surface area contributed by atoms with Crippen LogP contribution in [0.5, 0.6) is 0 Å². The van der Waals surface area contributed by atoms with Crippen molar-refractivity contribution in [3.05, 3.63) is 47.0 Å². The molecular formula is C16H17N5. The first-order chi connectivity index (χ1) is 10.1. The van der Waals surface area contributed by atoms with Crippen LogP contribution in [0, 0.1) is 13.8 Å². The summed E-state index contributed by atoms with van der Waals surface area (Å²) >= 11 is 0. The van der Waals surface area contributed by atoms with E-state index in [4.69, 9.17) is 11.5 Å². The van der Waals surface area contributed by atoms with Gasteiger partial charge < -0.3 is 16.5 Å². The molecule has 0 saturated carbocycles. The Morgan fingerprint density at radius 1 is 1.19 bits per heavy atom. The van der Waals surface area contributed by atoms with Gasteiger partial charge in [0.05, 0.1) is 6.21 Å². The van der Waals surface area contributed by atoms with E-state index in [9.17, 15) is 0 Å². The molecule has 0 bridgehead atoms. The average molecular weight is 279 g/mol. The number of guanidine groups is 1. The van der Waals surface area contributed by atoms with Gasteiger partial charge in [0.2, 0.25) is 5.96 Å². The van der Waals surface area contributed by atoms with Crippen LogP contribution in [0.4, 0.5) is 0 Å². The van der Waals surface area contributed by atoms with Gasteiger partial charge in [0.1, 0.15) is 0 Å². The number of fused-ring (bicyclic) bond motifs is 3. The highest BCUT2D eigenvalue weighted by molar-refractivity contribution is 6.11. The Hall–Kier alpha value is -2.82. The number of para-hydroxylation sites is 1. The second kappa shape index (κ2) is 4.94. The predicted octanol–water partition coefficient (Wildman–Crippen LogP) is 2.55. The van der Waals surface area contributed by atoms with Crippen molar-refractivity contribution < 1.29 is 0 Å². The molecule has 0 saturated heterocycles. The van der Waals surface area contributed by atoms with E-state index in [0.29, 0.717) is 0 Å². The third-order valence-corrected chi connectivity index (χ3v) is 3.65. The van der Waals surface area contributed by atoms with Crippen molar-refractivity contribution in [2.45, 2.75) is 13.8 Å². The van der Waals surface area contributed by atoms with Crippen molar-refractivity contribution >= 4 is 34.0 Å². The molecule has 0 atom stereocenters. The second-order valence-corrected chi connectivity index (χ2v) is 5.10. The third-order valence-electron chi connectivity index (χ3n) is 3.65. The summed E-state index contributed by atoms with van der Waals surface area (Å²) in [7, 11) is 0. The van der Waals surface area contributed by atoms with Crippen LogP contribution in [-0.2, 0) is 0 Å². The number of rotatable bonds is 2. The molecule has 3 rings (SSSR count). The maximum absolute atomic E-state index is 5.28. The molecule has 106 valence electrons. The van der Waals surface area contributed by atoms with Gasteiger partial charge in [-0.3, -0.25) is 0 Å². The molecule has 1 aromatic heterocycles. The number of nitrogens with zero attached hydrogens (tertiary/aromatic N) is 2. The lowest BCUT2D eigenvalue weighted by Gasteiger charge is -2.05. The Labute approximate surface area is 122 Å². The largest absolute Gasteiger partial charge is 0.369 e. The summed E-state index contributed by atoms with van der Waals surface area (Å²) in [4.78, 5) is 3.48. The zero-order valence-corrected chi connectivity index (χ0v) is 12.0. The minimum atomic E-state index is -0.0474.